The van der Waals surface area contributed by atoms with Gasteiger partial charge in [-0.3, -0.25) is 9.59 Å². The zero-order chi connectivity index (χ0) is 10.3. The molecule has 0 aliphatic heterocycles. The predicted molar refractivity (Wildman–Crippen MR) is 56.3 cm³/mol. The van der Waals surface area contributed by atoms with Crippen LogP contribution in [0, 0.1) is 13.8 Å². The molecule has 14 heavy (non-hydrogen) atoms. The molecule has 0 atom stereocenters. The molecule has 0 bridgehead atoms. The van der Waals surface area contributed by atoms with E-state index in [2.05, 4.69) is 0 Å². The van der Waals surface area contributed by atoms with Gasteiger partial charge in [0.2, 0.25) is 10.9 Å². The van der Waals surface area contributed by atoms with Gasteiger partial charge in [-0.2, -0.15) is 0 Å². The van der Waals surface area contributed by atoms with Crippen molar-refractivity contribution in [3.05, 3.63) is 55.8 Å². The standard InChI is InChI=1S/C12H10O2/c1-7-3-5-9(6-4-7)10-8(2)11(13)12(10)14/h3-6H,1-2H3. The largest absolute Gasteiger partial charge is 0.285 e. The summed E-state index contributed by atoms with van der Waals surface area (Å²) in [5.74, 6) is 0. The maximum atomic E-state index is 11.2. The zero-order valence-corrected chi connectivity index (χ0v) is 8.13. The lowest BCUT2D eigenvalue weighted by Gasteiger charge is -2.06. The van der Waals surface area contributed by atoms with Crippen LogP contribution < -0.4 is 10.9 Å². The fraction of sp³-hybridized carbons (Fsp3) is 0.167. The molecule has 0 saturated carbocycles. The van der Waals surface area contributed by atoms with E-state index in [1.165, 1.54) is 0 Å². The lowest BCUT2D eigenvalue weighted by Crippen LogP contribution is -2.35. The summed E-state index contributed by atoms with van der Waals surface area (Å²) in [6.45, 7) is 3.68. The molecule has 0 aliphatic carbocycles. The van der Waals surface area contributed by atoms with Crippen LogP contribution in [-0.2, 0) is 0 Å². The molecule has 2 rings (SSSR count). The van der Waals surface area contributed by atoms with Gasteiger partial charge in [0.05, 0.1) is 0 Å². The number of benzene rings is 1. The maximum Gasteiger partial charge on any atom is 0.234 e. The van der Waals surface area contributed by atoms with Crippen LogP contribution in [0.5, 0.6) is 0 Å². The van der Waals surface area contributed by atoms with Gasteiger partial charge in [0.1, 0.15) is 0 Å². The first kappa shape index (κ1) is 8.88. The topological polar surface area (TPSA) is 34.1 Å². The van der Waals surface area contributed by atoms with Gasteiger partial charge in [0, 0.05) is 11.1 Å². The predicted octanol–water partition coefficient (Wildman–Crippen LogP) is 1.57. The number of aryl methyl sites for hydroxylation is 1. The minimum Gasteiger partial charge on any atom is -0.285 e. The summed E-state index contributed by atoms with van der Waals surface area (Å²) in [6, 6.07) is 7.62. The van der Waals surface area contributed by atoms with E-state index in [1.54, 1.807) is 6.92 Å². The fourth-order valence-electron chi connectivity index (χ4n) is 1.57. The second-order valence-electron chi connectivity index (χ2n) is 3.52. The average Bonchev–Trinajstić information content (AvgIpc) is 2.21. The minimum absolute atomic E-state index is 0.347. The first-order valence-corrected chi connectivity index (χ1v) is 4.48. The molecule has 0 unspecified atom stereocenters. The van der Waals surface area contributed by atoms with Crippen LogP contribution in [0.15, 0.2) is 33.9 Å². The third-order valence-electron chi connectivity index (χ3n) is 2.49. The van der Waals surface area contributed by atoms with Gasteiger partial charge in [-0.1, -0.05) is 29.8 Å². The molecular weight excluding hydrogens is 176 g/mol. The molecule has 0 heterocycles. The van der Waals surface area contributed by atoms with Crippen LogP contribution >= 0.6 is 0 Å². The molecule has 0 aromatic heterocycles. The van der Waals surface area contributed by atoms with Crippen molar-refractivity contribution >= 4 is 0 Å². The Balaban J connectivity index is 2.58. The maximum absolute atomic E-state index is 11.2. The van der Waals surface area contributed by atoms with E-state index in [4.69, 9.17) is 0 Å². The van der Waals surface area contributed by atoms with Crippen molar-refractivity contribution in [2.45, 2.75) is 13.8 Å². The van der Waals surface area contributed by atoms with Crippen molar-refractivity contribution in [3.8, 4) is 11.1 Å². The van der Waals surface area contributed by atoms with Crippen molar-refractivity contribution in [1.82, 2.24) is 0 Å². The molecule has 0 radical (unpaired) electrons. The Kier molecular flexibility index (Phi) is 1.84. The second-order valence-corrected chi connectivity index (χ2v) is 3.52. The van der Waals surface area contributed by atoms with E-state index in [1.807, 2.05) is 31.2 Å². The van der Waals surface area contributed by atoms with Crippen molar-refractivity contribution in [2.75, 3.05) is 0 Å². The molecule has 2 nitrogen and oxygen atoms in total. The zero-order valence-electron chi connectivity index (χ0n) is 8.13. The second kappa shape index (κ2) is 2.91. The van der Waals surface area contributed by atoms with Gasteiger partial charge in [-0.15, -0.1) is 0 Å². The lowest BCUT2D eigenvalue weighted by molar-refractivity contribution is 1.28. The molecule has 0 amide bonds. The molecule has 0 fully saturated rings. The van der Waals surface area contributed by atoms with Gasteiger partial charge in [-0.25, -0.2) is 0 Å². The Morgan fingerprint density at radius 3 is 1.93 bits per heavy atom. The first-order chi connectivity index (χ1) is 6.61. The van der Waals surface area contributed by atoms with Crippen LogP contribution in [0.25, 0.3) is 11.1 Å². The molecular formula is C12H10O2. The van der Waals surface area contributed by atoms with Gasteiger partial charge in [0.15, 0.2) is 0 Å². The fourth-order valence-corrected chi connectivity index (χ4v) is 1.57. The molecule has 2 aromatic rings. The third-order valence-corrected chi connectivity index (χ3v) is 2.49. The number of hydrogen-bond donors (Lipinski definition) is 0. The summed E-state index contributed by atoms with van der Waals surface area (Å²) in [5.41, 5.74) is 2.45. The highest BCUT2D eigenvalue weighted by Gasteiger charge is 2.17. The molecule has 0 aliphatic rings. The Bertz CT molecular complexity index is 540. The average molecular weight is 186 g/mol. The Morgan fingerprint density at radius 2 is 1.43 bits per heavy atom. The van der Waals surface area contributed by atoms with Crippen molar-refractivity contribution in [1.29, 1.82) is 0 Å². The Morgan fingerprint density at radius 1 is 0.857 bits per heavy atom. The lowest BCUT2D eigenvalue weighted by atomic mass is 9.95. The van der Waals surface area contributed by atoms with Crippen molar-refractivity contribution in [3.63, 3.8) is 0 Å². The highest BCUT2D eigenvalue weighted by atomic mass is 16.2. The van der Waals surface area contributed by atoms with Crippen molar-refractivity contribution < 1.29 is 0 Å². The monoisotopic (exact) mass is 186 g/mol. The summed E-state index contributed by atoms with van der Waals surface area (Å²) in [7, 11) is 0. The van der Waals surface area contributed by atoms with Gasteiger partial charge < -0.3 is 0 Å². The van der Waals surface area contributed by atoms with E-state index in [9.17, 15) is 9.59 Å². The van der Waals surface area contributed by atoms with E-state index in [0.717, 1.165) is 11.1 Å². The summed E-state index contributed by atoms with van der Waals surface area (Å²) in [6.07, 6.45) is 0. The van der Waals surface area contributed by atoms with Crippen LogP contribution in [-0.4, -0.2) is 0 Å². The highest BCUT2D eigenvalue weighted by molar-refractivity contribution is 5.70. The van der Waals surface area contributed by atoms with Gasteiger partial charge in [-0.05, 0) is 19.4 Å². The summed E-state index contributed by atoms with van der Waals surface area (Å²) >= 11 is 0. The van der Waals surface area contributed by atoms with E-state index < -0.39 is 0 Å². The summed E-state index contributed by atoms with van der Waals surface area (Å²) in [4.78, 5) is 22.3. The van der Waals surface area contributed by atoms with Crippen LogP contribution in [0.3, 0.4) is 0 Å². The van der Waals surface area contributed by atoms with Crippen LogP contribution in [0.2, 0.25) is 0 Å². The van der Waals surface area contributed by atoms with Gasteiger partial charge >= 0.3 is 0 Å². The SMILES string of the molecule is Cc1ccc(-c2c(C)c(=O)c2=O)cc1. The number of hydrogen-bond acceptors (Lipinski definition) is 2. The van der Waals surface area contributed by atoms with Crippen molar-refractivity contribution in [2.24, 2.45) is 0 Å². The van der Waals surface area contributed by atoms with E-state index in [-0.39, 0.29) is 10.9 Å². The normalized spacial score (nSPS) is 10.7. The van der Waals surface area contributed by atoms with E-state index in [0.29, 0.717) is 11.1 Å². The Labute approximate surface area is 81.5 Å². The first-order valence-electron chi connectivity index (χ1n) is 4.48. The smallest absolute Gasteiger partial charge is 0.234 e. The summed E-state index contributed by atoms with van der Waals surface area (Å²) < 4.78 is 0. The van der Waals surface area contributed by atoms with E-state index >= 15 is 0 Å². The molecule has 0 N–H and O–H groups in total. The molecule has 0 saturated heterocycles. The minimum atomic E-state index is -0.355. The highest BCUT2D eigenvalue weighted by Crippen LogP contribution is 2.18. The molecule has 2 aromatic carbocycles. The van der Waals surface area contributed by atoms with Crippen LogP contribution in [0.4, 0.5) is 0 Å². The third kappa shape index (κ3) is 1.11. The number of rotatable bonds is 1. The van der Waals surface area contributed by atoms with Crippen LogP contribution in [0.1, 0.15) is 11.1 Å². The molecule has 2 heteroatoms. The quantitative estimate of drug-likeness (QED) is 0.633. The molecule has 70 valence electrons. The Hall–Kier alpha value is -1.70. The van der Waals surface area contributed by atoms with Gasteiger partial charge in [0.25, 0.3) is 0 Å². The summed E-state index contributed by atoms with van der Waals surface area (Å²) in [5, 5.41) is 0. The molecule has 0 spiro atoms.